The van der Waals surface area contributed by atoms with Gasteiger partial charge in [0.15, 0.2) is 0 Å². The van der Waals surface area contributed by atoms with Gasteiger partial charge in [-0.25, -0.2) is 0 Å². The normalized spacial score (nSPS) is 16.5. The molecule has 1 fully saturated rings. The summed E-state index contributed by atoms with van der Waals surface area (Å²) < 4.78 is 5.34. The Morgan fingerprint density at radius 2 is 1.76 bits per heavy atom. The van der Waals surface area contributed by atoms with Gasteiger partial charge in [0.2, 0.25) is 12.3 Å². The van der Waals surface area contributed by atoms with Crippen LogP contribution in [0.5, 0.6) is 0 Å². The molecule has 7 nitrogen and oxygen atoms in total. The van der Waals surface area contributed by atoms with E-state index in [1.807, 2.05) is 52.1 Å². The van der Waals surface area contributed by atoms with Gasteiger partial charge in [0, 0.05) is 26.6 Å². The summed E-state index contributed by atoms with van der Waals surface area (Å²) in [6, 6.07) is 7.31. The van der Waals surface area contributed by atoms with Crippen LogP contribution in [-0.2, 0) is 19.1 Å². The molecule has 1 aromatic carbocycles. The number of amides is 2. The summed E-state index contributed by atoms with van der Waals surface area (Å²) in [5, 5.41) is 2.92. The minimum absolute atomic E-state index is 0.0802. The number of anilines is 2. The van der Waals surface area contributed by atoms with Crippen LogP contribution in [0.3, 0.4) is 0 Å². The lowest BCUT2D eigenvalue weighted by atomic mass is 10.1. The summed E-state index contributed by atoms with van der Waals surface area (Å²) >= 11 is 0. The van der Waals surface area contributed by atoms with Gasteiger partial charge in [0.05, 0.1) is 11.4 Å². The van der Waals surface area contributed by atoms with Crippen LogP contribution in [0.15, 0.2) is 24.3 Å². The SMILES string of the molecule is CN(CCCCCCCC(=O)OC(C)(C)C)c1ccccc1N(C=O)C1CCCCNC1=O. The van der Waals surface area contributed by atoms with Gasteiger partial charge >= 0.3 is 5.97 Å². The summed E-state index contributed by atoms with van der Waals surface area (Å²) in [6.45, 7) is 7.19. The number of para-hydroxylation sites is 2. The Morgan fingerprint density at radius 1 is 1.09 bits per heavy atom. The zero-order valence-electron chi connectivity index (χ0n) is 20.8. The van der Waals surface area contributed by atoms with Crippen LogP contribution >= 0.6 is 0 Å². The van der Waals surface area contributed by atoms with Crippen molar-refractivity contribution in [2.75, 3.05) is 29.9 Å². The number of carbonyl (C=O) groups excluding carboxylic acids is 3. The number of carbonyl (C=O) groups is 3. The third-order valence-electron chi connectivity index (χ3n) is 5.82. The molecule has 0 bridgehead atoms. The maximum Gasteiger partial charge on any atom is 0.306 e. The molecule has 1 saturated heterocycles. The largest absolute Gasteiger partial charge is 0.460 e. The maximum atomic E-state index is 12.5. The van der Waals surface area contributed by atoms with E-state index in [0.717, 1.165) is 69.3 Å². The highest BCUT2D eigenvalue weighted by Gasteiger charge is 2.29. The van der Waals surface area contributed by atoms with Crippen molar-refractivity contribution in [1.29, 1.82) is 0 Å². The fourth-order valence-electron chi connectivity index (χ4n) is 4.15. The molecule has 1 aliphatic heterocycles. The van der Waals surface area contributed by atoms with E-state index in [1.165, 1.54) is 0 Å². The maximum absolute atomic E-state index is 12.5. The van der Waals surface area contributed by atoms with E-state index >= 15 is 0 Å². The van der Waals surface area contributed by atoms with E-state index < -0.39 is 11.6 Å². The topological polar surface area (TPSA) is 79.0 Å². The van der Waals surface area contributed by atoms with Crippen LogP contribution < -0.4 is 15.1 Å². The van der Waals surface area contributed by atoms with Crippen molar-refractivity contribution in [3.8, 4) is 0 Å². The Balaban J connectivity index is 1.83. The van der Waals surface area contributed by atoms with E-state index in [1.54, 1.807) is 4.90 Å². The third-order valence-corrected chi connectivity index (χ3v) is 5.82. The molecular weight excluding hydrogens is 418 g/mol. The molecule has 0 radical (unpaired) electrons. The Morgan fingerprint density at radius 3 is 2.45 bits per heavy atom. The standard InChI is InChI=1S/C26H41N3O4/c1-26(2,3)33-24(31)17-8-6-5-7-13-19-28(4)21-14-9-10-15-22(21)29(20-30)23-16-11-12-18-27-25(23)32/h9-10,14-15,20,23H,5-8,11-13,16-19H2,1-4H3,(H,27,32). The Labute approximate surface area is 198 Å². The van der Waals surface area contributed by atoms with Crippen molar-refractivity contribution < 1.29 is 19.1 Å². The van der Waals surface area contributed by atoms with Crippen LogP contribution in [-0.4, -0.2) is 50.1 Å². The number of unbranched alkanes of at least 4 members (excludes halogenated alkanes) is 4. The first-order valence-corrected chi connectivity index (χ1v) is 12.3. The number of hydrogen-bond donors (Lipinski definition) is 1. The minimum Gasteiger partial charge on any atom is -0.460 e. The van der Waals surface area contributed by atoms with Crippen molar-refractivity contribution >= 4 is 29.7 Å². The second kappa shape index (κ2) is 13.2. The van der Waals surface area contributed by atoms with Gasteiger partial charge in [-0.05, 0) is 65.0 Å². The molecule has 2 amide bonds. The second-order valence-corrected chi connectivity index (χ2v) is 9.83. The lowest BCUT2D eigenvalue weighted by molar-refractivity contribution is -0.154. The number of esters is 1. The van der Waals surface area contributed by atoms with Gasteiger partial charge in [-0.3, -0.25) is 14.4 Å². The van der Waals surface area contributed by atoms with Crippen molar-refractivity contribution in [2.24, 2.45) is 0 Å². The molecule has 1 atom stereocenters. The highest BCUT2D eigenvalue weighted by atomic mass is 16.6. The van der Waals surface area contributed by atoms with Crippen LogP contribution in [0.2, 0.25) is 0 Å². The fraction of sp³-hybridized carbons (Fsp3) is 0.654. The first kappa shape index (κ1) is 26.7. The molecule has 0 aromatic heterocycles. The van der Waals surface area contributed by atoms with Crippen LogP contribution in [0.4, 0.5) is 11.4 Å². The van der Waals surface area contributed by atoms with E-state index in [0.29, 0.717) is 19.4 Å². The first-order chi connectivity index (χ1) is 15.7. The van der Waals surface area contributed by atoms with Crippen LogP contribution in [0, 0.1) is 0 Å². The minimum atomic E-state index is -0.468. The summed E-state index contributed by atoms with van der Waals surface area (Å²) in [6.07, 6.45) is 8.81. The summed E-state index contributed by atoms with van der Waals surface area (Å²) in [5.41, 5.74) is 1.30. The van der Waals surface area contributed by atoms with Gasteiger partial charge in [-0.2, -0.15) is 0 Å². The van der Waals surface area contributed by atoms with Crippen molar-refractivity contribution in [2.45, 2.75) is 90.2 Å². The van der Waals surface area contributed by atoms with Crippen molar-refractivity contribution in [3.05, 3.63) is 24.3 Å². The Hall–Kier alpha value is -2.57. The average Bonchev–Trinajstić information content (AvgIpc) is 2.97. The van der Waals surface area contributed by atoms with Crippen molar-refractivity contribution in [3.63, 3.8) is 0 Å². The van der Waals surface area contributed by atoms with Gasteiger partial charge in [-0.1, -0.05) is 31.4 Å². The number of nitrogens with one attached hydrogen (secondary N) is 1. The molecule has 1 N–H and O–H groups in total. The predicted octanol–water partition coefficient (Wildman–Crippen LogP) is 4.44. The number of ether oxygens (including phenoxy) is 1. The summed E-state index contributed by atoms with van der Waals surface area (Å²) in [5.74, 6) is -0.204. The van der Waals surface area contributed by atoms with E-state index in [4.69, 9.17) is 4.74 Å². The van der Waals surface area contributed by atoms with Crippen molar-refractivity contribution in [1.82, 2.24) is 5.32 Å². The molecule has 0 aliphatic carbocycles. The quantitative estimate of drug-likeness (QED) is 0.284. The van der Waals surface area contributed by atoms with E-state index in [-0.39, 0.29) is 11.9 Å². The molecule has 2 rings (SSSR count). The molecule has 1 unspecified atom stereocenters. The molecule has 1 heterocycles. The highest BCUT2D eigenvalue weighted by Crippen LogP contribution is 2.31. The predicted molar refractivity (Wildman–Crippen MR) is 132 cm³/mol. The fourth-order valence-corrected chi connectivity index (χ4v) is 4.15. The van der Waals surface area contributed by atoms with Gasteiger partial charge in [0.1, 0.15) is 11.6 Å². The van der Waals surface area contributed by atoms with Crippen LogP contribution in [0.1, 0.15) is 78.6 Å². The molecule has 0 saturated carbocycles. The molecule has 1 aromatic rings. The molecular formula is C26H41N3O4. The highest BCUT2D eigenvalue weighted by molar-refractivity contribution is 5.95. The lowest BCUT2D eigenvalue weighted by Gasteiger charge is -2.31. The van der Waals surface area contributed by atoms with E-state index in [2.05, 4.69) is 10.2 Å². The molecule has 33 heavy (non-hydrogen) atoms. The molecule has 1 aliphatic rings. The molecule has 0 spiro atoms. The number of benzene rings is 1. The van der Waals surface area contributed by atoms with E-state index in [9.17, 15) is 14.4 Å². The smallest absolute Gasteiger partial charge is 0.306 e. The van der Waals surface area contributed by atoms with Crippen LogP contribution in [0.25, 0.3) is 0 Å². The Bertz CT molecular complexity index is 775. The van der Waals surface area contributed by atoms with Gasteiger partial charge in [-0.15, -0.1) is 0 Å². The number of hydrogen-bond acceptors (Lipinski definition) is 5. The van der Waals surface area contributed by atoms with Gasteiger partial charge < -0.3 is 19.9 Å². The Kier molecular flexibility index (Phi) is 10.7. The summed E-state index contributed by atoms with van der Waals surface area (Å²) in [7, 11) is 2.03. The number of rotatable bonds is 12. The lowest BCUT2D eigenvalue weighted by Crippen LogP contribution is -2.46. The first-order valence-electron chi connectivity index (χ1n) is 12.3. The number of nitrogens with zero attached hydrogens (tertiary/aromatic N) is 2. The average molecular weight is 460 g/mol. The second-order valence-electron chi connectivity index (χ2n) is 9.83. The summed E-state index contributed by atoms with van der Waals surface area (Å²) in [4.78, 5) is 40.1. The third kappa shape index (κ3) is 9.06. The zero-order valence-corrected chi connectivity index (χ0v) is 20.8. The monoisotopic (exact) mass is 459 g/mol. The molecule has 184 valence electrons. The van der Waals surface area contributed by atoms with Gasteiger partial charge in [0.25, 0.3) is 0 Å². The molecule has 7 heteroatoms. The zero-order chi connectivity index (χ0) is 24.3.